The lowest BCUT2D eigenvalue weighted by atomic mass is 10.0. The third kappa shape index (κ3) is 3.09. The Morgan fingerprint density at radius 3 is 2.90 bits per heavy atom. The minimum absolute atomic E-state index is 0.0122. The fourth-order valence-electron chi connectivity index (χ4n) is 4.46. The summed E-state index contributed by atoms with van der Waals surface area (Å²) in [5, 5.41) is 8.44. The molecule has 0 fully saturated rings. The molecule has 152 valence electrons. The van der Waals surface area contributed by atoms with E-state index in [9.17, 15) is 4.79 Å². The smallest absolute Gasteiger partial charge is 0.258 e. The summed E-state index contributed by atoms with van der Waals surface area (Å²) in [6.45, 7) is 5.90. The van der Waals surface area contributed by atoms with Gasteiger partial charge in [0, 0.05) is 41.2 Å². The molecule has 0 unspecified atom stereocenters. The number of rotatable bonds is 4. The molecule has 1 aliphatic carbocycles. The molecule has 0 saturated heterocycles. The topological polar surface area (TPSA) is 73.0 Å². The van der Waals surface area contributed by atoms with E-state index in [1.54, 1.807) is 6.92 Å². The van der Waals surface area contributed by atoms with E-state index < -0.39 is 0 Å². The third-order valence-corrected chi connectivity index (χ3v) is 5.84. The van der Waals surface area contributed by atoms with E-state index in [4.69, 9.17) is 9.51 Å². The Morgan fingerprint density at radius 2 is 2.10 bits per heavy atom. The zero-order valence-corrected chi connectivity index (χ0v) is 17.3. The van der Waals surface area contributed by atoms with Gasteiger partial charge >= 0.3 is 0 Å². The van der Waals surface area contributed by atoms with Gasteiger partial charge in [0.25, 0.3) is 5.89 Å². The molecule has 2 aromatic heterocycles. The first kappa shape index (κ1) is 18.6. The number of hydrogen-bond donors (Lipinski definition) is 1. The van der Waals surface area contributed by atoms with Crippen molar-refractivity contribution in [3.63, 3.8) is 0 Å². The van der Waals surface area contributed by atoms with Gasteiger partial charge in [0.2, 0.25) is 11.7 Å². The van der Waals surface area contributed by atoms with E-state index >= 15 is 0 Å². The number of nitrogens with one attached hydrogen (secondary N) is 1. The van der Waals surface area contributed by atoms with Crippen LogP contribution in [0, 0.1) is 0 Å². The third-order valence-electron chi connectivity index (χ3n) is 5.84. The fraction of sp³-hybridized carbons (Fsp3) is 0.292. The van der Waals surface area contributed by atoms with Crippen molar-refractivity contribution in [1.29, 1.82) is 0 Å². The van der Waals surface area contributed by atoms with E-state index in [0.717, 1.165) is 34.9 Å². The second-order valence-electron chi connectivity index (χ2n) is 8.18. The SMILES string of the molecule is CC(=O)N[C@H]1CCc2c(-c3noc(-c4ccc5c(ccn5C(C)C)c4)n3)cccc21. The van der Waals surface area contributed by atoms with Crippen LogP contribution < -0.4 is 5.32 Å². The quantitative estimate of drug-likeness (QED) is 0.519. The molecular formula is C24H24N4O2. The number of aromatic nitrogens is 3. The molecule has 1 atom stereocenters. The number of benzene rings is 2. The van der Waals surface area contributed by atoms with Crippen molar-refractivity contribution in [3.05, 3.63) is 59.8 Å². The minimum Gasteiger partial charge on any atom is -0.350 e. The normalized spacial score (nSPS) is 15.7. The van der Waals surface area contributed by atoms with Gasteiger partial charge < -0.3 is 14.4 Å². The average Bonchev–Trinajstić information content (AvgIpc) is 3.45. The highest BCUT2D eigenvalue weighted by molar-refractivity contribution is 5.84. The highest BCUT2D eigenvalue weighted by atomic mass is 16.5. The summed E-state index contributed by atoms with van der Waals surface area (Å²) in [6, 6.07) is 14.9. The molecule has 0 bridgehead atoms. The number of carbonyl (C=O) groups excluding carboxylic acids is 1. The second kappa shape index (κ2) is 7.13. The van der Waals surface area contributed by atoms with Crippen LogP contribution in [0.2, 0.25) is 0 Å². The van der Waals surface area contributed by atoms with Gasteiger partial charge in [-0.1, -0.05) is 23.4 Å². The Hall–Kier alpha value is -3.41. The van der Waals surface area contributed by atoms with Crippen molar-refractivity contribution in [2.75, 3.05) is 0 Å². The van der Waals surface area contributed by atoms with E-state index in [2.05, 4.69) is 59.4 Å². The number of fused-ring (bicyclic) bond motifs is 2. The van der Waals surface area contributed by atoms with Crippen LogP contribution in [0.3, 0.4) is 0 Å². The van der Waals surface area contributed by atoms with E-state index in [0.29, 0.717) is 17.8 Å². The van der Waals surface area contributed by atoms with Gasteiger partial charge in [0.05, 0.1) is 6.04 Å². The lowest BCUT2D eigenvalue weighted by Crippen LogP contribution is -2.24. The monoisotopic (exact) mass is 400 g/mol. The van der Waals surface area contributed by atoms with Crippen molar-refractivity contribution >= 4 is 16.8 Å². The van der Waals surface area contributed by atoms with Crippen molar-refractivity contribution in [3.8, 4) is 22.8 Å². The summed E-state index contributed by atoms with van der Waals surface area (Å²) < 4.78 is 7.87. The second-order valence-corrected chi connectivity index (χ2v) is 8.18. The maximum Gasteiger partial charge on any atom is 0.258 e. The van der Waals surface area contributed by atoms with Gasteiger partial charge in [-0.05, 0) is 62.1 Å². The van der Waals surface area contributed by atoms with Crippen LogP contribution in [-0.4, -0.2) is 20.6 Å². The van der Waals surface area contributed by atoms with Gasteiger partial charge in [-0.3, -0.25) is 4.79 Å². The summed E-state index contributed by atoms with van der Waals surface area (Å²) in [4.78, 5) is 16.2. The number of nitrogens with zero attached hydrogens (tertiary/aromatic N) is 3. The molecule has 1 N–H and O–H groups in total. The predicted octanol–water partition coefficient (Wildman–Crippen LogP) is 5.06. The van der Waals surface area contributed by atoms with E-state index in [1.165, 1.54) is 11.1 Å². The van der Waals surface area contributed by atoms with Gasteiger partial charge in [-0.15, -0.1) is 0 Å². The Balaban J connectivity index is 1.49. The Kier molecular flexibility index (Phi) is 4.42. The van der Waals surface area contributed by atoms with Gasteiger partial charge in [-0.2, -0.15) is 4.98 Å². The Labute approximate surface area is 174 Å². The molecule has 0 aliphatic heterocycles. The Morgan fingerprint density at radius 1 is 1.23 bits per heavy atom. The van der Waals surface area contributed by atoms with Crippen molar-refractivity contribution in [2.24, 2.45) is 0 Å². The van der Waals surface area contributed by atoms with Crippen molar-refractivity contribution in [2.45, 2.75) is 45.7 Å². The van der Waals surface area contributed by atoms with Crippen molar-refractivity contribution < 1.29 is 9.32 Å². The summed E-state index contributed by atoms with van der Waals surface area (Å²) in [5.74, 6) is 1.09. The molecule has 5 rings (SSSR count). The standard InChI is InChI=1S/C24H24N4O2/c1-14(2)28-12-11-16-13-17(7-10-22(16)28)24-26-23(27-30-24)20-6-4-5-19-18(20)8-9-21(19)25-15(3)29/h4-7,10-14,21H,8-9H2,1-3H3,(H,25,29)/t21-/m0/s1. The average molecular weight is 400 g/mol. The molecular weight excluding hydrogens is 376 g/mol. The molecule has 1 amide bonds. The molecule has 30 heavy (non-hydrogen) atoms. The first-order valence-electron chi connectivity index (χ1n) is 10.3. The number of amides is 1. The first-order chi connectivity index (χ1) is 14.5. The largest absolute Gasteiger partial charge is 0.350 e. The summed E-state index contributed by atoms with van der Waals surface area (Å²) in [5.41, 5.74) is 5.41. The van der Waals surface area contributed by atoms with Crippen LogP contribution in [0.4, 0.5) is 0 Å². The van der Waals surface area contributed by atoms with Crippen LogP contribution in [-0.2, 0) is 11.2 Å². The molecule has 6 heteroatoms. The predicted molar refractivity (Wildman–Crippen MR) is 116 cm³/mol. The van der Waals surface area contributed by atoms with Crippen LogP contribution >= 0.6 is 0 Å². The summed E-state index contributed by atoms with van der Waals surface area (Å²) in [7, 11) is 0. The number of carbonyl (C=O) groups is 1. The molecule has 6 nitrogen and oxygen atoms in total. The van der Waals surface area contributed by atoms with Crippen molar-refractivity contribution in [1.82, 2.24) is 20.0 Å². The van der Waals surface area contributed by atoms with Gasteiger partial charge in [0.15, 0.2) is 0 Å². The fourth-order valence-corrected chi connectivity index (χ4v) is 4.46. The molecule has 2 heterocycles. The Bertz CT molecular complexity index is 1250. The van der Waals surface area contributed by atoms with Gasteiger partial charge in [0.1, 0.15) is 0 Å². The molecule has 0 saturated carbocycles. The van der Waals surface area contributed by atoms with Crippen LogP contribution in [0.15, 0.2) is 53.2 Å². The van der Waals surface area contributed by atoms with E-state index in [1.807, 2.05) is 18.2 Å². The zero-order valence-electron chi connectivity index (χ0n) is 17.3. The van der Waals surface area contributed by atoms with Crippen LogP contribution in [0.1, 0.15) is 50.4 Å². The van der Waals surface area contributed by atoms with E-state index in [-0.39, 0.29) is 11.9 Å². The lowest BCUT2D eigenvalue weighted by molar-refractivity contribution is -0.119. The molecule has 4 aromatic rings. The highest BCUT2D eigenvalue weighted by Crippen LogP contribution is 2.37. The molecule has 1 aliphatic rings. The maximum atomic E-state index is 11.5. The zero-order chi connectivity index (χ0) is 20.8. The molecule has 0 radical (unpaired) electrons. The summed E-state index contributed by atoms with van der Waals surface area (Å²) >= 11 is 0. The van der Waals surface area contributed by atoms with Crippen LogP contribution in [0.25, 0.3) is 33.7 Å². The molecule has 0 spiro atoms. The van der Waals surface area contributed by atoms with Gasteiger partial charge in [-0.25, -0.2) is 0 Å². The maximum absolute atomic E-state index is 11.5. The molecule has 2 aromatic carbocycles. The summed E-state index contributed by atoms with van der Waals surface area (Å²) in [6.07, 6.45) is 3.88. The highest BCUT2D eigenvalue weighted by Gasteiger charge is 2.27. The first-order valence-corrected chi connectivity index (χ1v) is 10.3. The number of hydrogen-bond acceptors (Lipinski definition) is 4. The minimum atomic E-state index is -0.0122. The lowest BCUT2D eigenvalue weighted by Gasteiger charge is -2.12. The van der Waals surface area contributed by atoms with Crippen LogP contribution in [0.5, 0.6) is 0 Å².